The molecular formula is C22H28N4O3. The van der Waals surface area contributed by atoms with Crippen molar-refractivity contribution in [2.45, 2.75) is 12.8 Å². The molecule has 7 heteroatoms. The first-order valence-corrected chi connectivity index (χ1v) is 10.1. The molecule has 1 unspecified atom stereocenters. The molecule has 0 aromatic heterocycles. The van der Waals surface area contributed by atoms with Gasteiger partial charge in [-0.25, -0.2) is 0 Å². The Labute approximate surface area is 171 Å². The van der Waals surface area contributed by atoms with Gasteiger partial charge in [-0.3, -0.25) is 4.99 Å². The number of anilines is 2. The van der Waals surface area contributed by atoms with Gasteiger partial charge in [-0.1, -0.05) is 6.07 Å². The van der Waals surface area contributed by atoms with E-state index in [1.54, 1.807) is 7.11 Å². The molecular weight excluding hydrogens is 368 g/mol. The Morgan fingerprint density at radius 1 is 1.21 bits per heavy atom. The molecule has 2 aromatic carbocycles. The van der Waals surface area contributed by atoms with E-state index in [1.165, 1.54) is 5.69 Å². The predicted molar refractivity (Wildman–Crippen MR) is 115 cm³/mol. The molecule has 0 bridgehead atoms. The maximum absolute atomic E-state index is 6.11. The van der Waals surface area contributed by atoms with E-state index in [4.69, 9.17) is 19.9 Å². The molecule has 0 radical (unpaired) electrons. The highest BCUT2D eigenvalue weighted by atomic mass is 16.5. The second kappa shape index (κ2) is 8.94. The minimum Gasteiger partial charge on any atom is -0.497 e. The average molecular weight is 396 g/mol. The molecule has 2 heterocycles. The third-order valence-electron chi connectivity index (χ3n) is 5.24. The molecule has 0 amide bonds. The number of nitrogens with one attached hydrogen (secondary N) is 1. The van der Waals surface area contributed by atoms with Crippen LogP contribution in [0.4, 0.5) is 11.4 Å². The fraction of sp³-hybridized carbons (Fsp3) is 0.409. The largest absolute Gasteiger partial charge is 0.497 e. The van der Waals surface area contributed by atoms with Crippen LogP contribution in [0.25, 0.3) is 0 Å². The molecule has 7 nitrogen and oxygen atoms in total. The summed E-state index contributed by atoms with van der Waals surface area (Å²) >= 11 is 0. The van der Waals surface area contributed by atoms with Gasteiger partial charge in [0.1, 0.15) is 5.75 Å². The van der Waals surface area contributed by atoms with E-state index in [2.05, 4.69) is 27.3 Å². The quantitative estimate of drug-likeness (QED) is 0.597. The Hall–Kier alpha value is -3.09. The highest BCUT2D eigenvalue weighted by molar-refractivity contribution is 5.92. The van der Waals surface area contributed by atoms with Crippen molar-refractivity contribution in [2.24, 2.45) is 16.6 Å². The summed E-state index contributed by atoms with van der Waals surface area (Å²) in [5.74, 6) is 3.29. The summed E-state index contributed by atoms with van der Waals surface area (Å²) in [5, 5.41) is 3.16. The summed E-state index contributed by atoms with van der Waals surface area (Å²) in [6.45, 7) is 4.02. The first-order chi connectivity index (χ1) is 14.2. The molecule has 2 aliphatic heterocycles. The number of benzene rings is 2. The van der Waals surface area contributed by atoms with E-state index >= 15 is 0 Å². The summed E-state index contributed by atoms with van der Waals surface area (Å²) in [4.78, 5) is 6.92. The number of methoxy groups -OCH3 is 1. The van der Waals surface area contributed by atoms with Crippen LogP contribution in [0.2, 0.25) is 0 Å². The lowest BCUT2D eigenvalue weighted by Crippen LogP contribution is -2.25. The smallest absolute Gasteiger partial charge is 0.193 e. The molecule has 154 valence electrons. The highest BCUT2D eigenvalue weighted by Gasteiger charge is 2.22. The topological polar surface area (TPSA) is 81.3 Å². The second-order valence-corrected chi connectivity index (χ2v) is 7.37. The van der Waals surface area contributed by atoms with Gasteiger partial charge in [0.2, 0.25) is 0 Å². The van der Waals surface area contributed by atoms with Gasteiger partial charge in [-0.15, -0.1) is 0 Å². The number of aliphatic imine (C=N–C) groups is 1. The molecule has 1 fully saturated rings. The van der Waals surface area contributed by atoms with E-state index < -0.39 is 0 Å². The van der Waals surface area contributed by atoms with Crippen molar-refractivity contribution < 1.29 is 14.2 Å². The molecule has 1 atom stereocenters. The standard InChI is InChI=1S/C22H28N4O3/c1-27-19-5-2-4-18(13-19)26-9-8-16(15-26)14-24-22(23)25-17-6-7-20-21(12-17)29-11-3-10-28-20/h2,4-7,12-13,16H,3,8-11,14-15H2,1H3,(H3,23,24,25). The van der Waals surface area contributed by atoms with Gasteiger partial charge >= 0.3 is 0 Å². The van der Waals surface area contributed by atoms with Gasteiger partial charge in [-0.05, 0) is 36.6 Å². The van der Waals surface area contributed by atoms with E-state index in [0.717, 1.165) is 48.9 Å². The van der Waals surface area contributed by atoms with E-state index in [-0.39, 0.29) is 0 Å². The van der Waals surface area contributed by atoms with Crippen LogP contribution in [0.3, 0.4) is 0 Å². The van der Waals surface area contributed by atoms with Gasteiger partial charge < -0.3 is 30.2 Å². The number of nitrogens with two attached hydrogens (primary N) is 1. The Morgan fingerprint density at radius 2 is 2.07 bits per heavy atom. The van der Waals surface area contributed by atoms with Crippen molar-refractivity contribution in [3.05, 3.63) is 42.5 Å². The van der Waals surface area contributed by atoms with Crippen molar-refractivity contribution in [1.29, 1.82) is 0 Å². The summed E-state index contributed by atoms with van der Waals surface area (Å²) in [5.41, 5.74) is 8.15. The van der Waals surface area contributed by atoms with Crippen molar-refractivity contribution in [2.75, 3.05) is 50.2 Å². The number of hydrogen-bond donors (Lipinski definition) is 2. The molecule has 4 rings (SSSR count). The van der Waals surface area contributed by atoms with Crippen molar-refractivity contribution in [3.8, 4) is 17.2 Å². The van der Waals surface area contributed by atoms with Crippen LogP contribution in [0.1, 0.15) is 12.8 Å². The van der Waals surface area contributed by atoms with Crippen LogP contribution >= 0.6 is 0 Å². The van der Waals surface area contributed by atoms with E-state index in [1.807, 2.05) is 30.3 Å². The summed E-state index contributed by atoms with van der Waals surface area (Å²) in [6, 6.07) is 13.9. The van der Waals surface area contributed by atoms with E-state index in [0.29, 0.717) is 31.6 Å². The maximum atomic E-state index is 6.11. The summed E-state index contributed by atoms with van der Waals surface area (Å²) in [7, 11) is 1.69. The van der Waals surface area contributed by atoms with Gasteiger partial charge in [-0.2, -0.15) is 0 Å². The van der Waals surface area contributed by atoms with Crippen LogP contribution in [0, 0.1) is 5.92 Å². The molecule has 29 heavy (non-hydrogen) atoms. The Bertz CT molecular complexity index is 871. The molecule has 3 N–H and O–H groups in total. The number of rotatable bonds is 5. The minimum atomic E-state index is 0.416. The van der Waals surface area contributed by atoms with Gasteiger partial charge in [0.05, 0.1) is 20.3 Å². The number of guanidine groups is 1. The zero-order valence-electron chi connectivity index (χ0n) is 16.8. The van der Waals surface area contributed by atoms with E-state index in [9.17, 15) is 0 Å². The highest BCUT2D eigenvalue weighted by Crippen LogP contribution is 2.32. The van der Waals surface area contributed by atoms with Crippen molar-refractivity contribution in [3.63, 3.8) is 0 Å². The molecule has 0 aliphatic carbocycles. The molecule has 2 aromatic rings. The maximum Gasteiger partial charge on any atom is 0.193 e. The molecule has 0 spiro atoms. The summed E-state index contributed by atoms with van der Waals surface area (Å²) < 4.78 is 16.7. The van der Waals surface area contributed by atoms with Crippen molar-refractivity contribution >= 4 is 17.3 Å². The first kappa shape index (κ1) is 19.2. The third-order valence-corrected chi connectivity index (χ3v) is 5.24. The fourth-order valence-electron chi connectivity index (χ4n) is 3.68. The Kier molecular flexibility index (Phi) is 5.93. The normalized spacial score (nSPS) is 19.0. The van der Waals surface area contributed by atoms with Crippen LogP contribution in [-0.2, 0) is 0 Å². The second-order valence-electron chi connectivity index (χ2n) is 7.37. The number of nitrogens with zero attached hydrogens (tertiary/aromatic N) is 2. The van der Waals surface area contributed by atoms with Crippen LogP contribution in [-0.4, -0.2) is 45.9 Å². The molecule has 2 aliphatic rings. The van der Waals surface area contributed by atoms with Crippen LogP contribution in [0.15, 0.2) is 47.5 Å². The predicted octanol–water partition coefficient (Wildman–Crippen LogP) is 3.11. The lowest BCUT2D eigenvalue weighted by Gasteiger charge is -2.19. The zero-order valence-corrected chi connectivity index (χ0v) is 16.8. The molecule has 1 saturated heterocycles. The lowest BCUT2D eigenvalue weighted by atomic mass is 10.1. The van der Waals surface area contributed by atoms with Gasteiger partial charge in [0.15, 0.2) is 17.5 Å². The van der Waals surface area contributed by atoms with Crippen molar-refractivity contribution in [1.82, 2.24) is 0 Å². The number of hydrogen-bond acceptors (Lipinski definition) is 5. The Morgan fingerprint density at radius 3 is 2.93 bits per heavy atom. The third kappa shape index (κ3) is 4.85. The van der Waals surface area contributed by atoms with Crippen LogP contribution < -0.4 is 30.2 Å². The fourth-order valence-corrected chi connectivity index (χ4v) is 3.68. The van der Waals surface area contributed by atoms with Gasteiger partial charge in [0, 0.05) is 49.6 Å². The zero-order chi connectivity index (χ0) is 20.1. The first-order valence-electron chi connectivity index (χ1n) is 10.1. The Balaban J connectivity index is 1.32. The number of fused-ring (bicyclic) bond motifs is 1. The van der Waals surface area contributed by atoms with Gasteiger partial charge in [0.25, 0.3) is 0 Å². The minimum absolute atomic E-state index is 0.416. The number of ether oxygens (including phenoxy) is 3. The lowest BCUT2D eigenvalue weighted by molar-refractivity contribution is 0.297. The average Bonchev–Trinajstić information content (AvgIpc) is 3.10. The monoisotopic (exact) mass is 396 g/mol. The SMILES string of the molecule is COc1cccc(N2CCC(CN=C(N)Nc3ccc4c(c3)OCCCO4)C2)c1. The molecule has 0 saturated carbocycles. The summed E-state index contributed by atoms with van der Waals surface area (Å²) in [6.07, 6.45) is 1.98. The van der Waals surface area contributed by atoms with Crippen LogP contribution in [0.5, 0.6) is 17.2 Å².